The van der Waals surface area contributed by atoms with Gasteiger partial charge in [0.15, 0.2) is 5.13 Å². The van der Waals surface area contributed by atoms with Gasteiger partial charge in [0, 0.05) is 31.1 Å². The normalized spacial score (nSPS) is 10.7. The topological polar surface area (TPSA) is 36.4 Å². The molecule has 1 heterocycles. The third-order valence-corrected chi connectivity index (χ3v) is 6.70. The third kappa shape index (κ3) is 5.30. The zero-order valence-corrected chi connectivity index (χ0v) is 19.3. The van der Waals surface area contributed by atoms with Crippen molar-refractivity contribution in [3.8, 4) is 0 Å². The zero-order valence-electron chi connectivity index (χ0n) is 16.8. The number of thiazole rings is 1. The Morgan fingerprint density at radius 3 is 2.30 bits per heavy atom. The van der Waals surface area contributed by atoms with Gasteiger partial charge in [-0.1, -0.05) is 41.7 Å². The van der Waals surface area contributed by atoms with Crippen molar-refractivity contribution in [2.45, 2.75) is 47.3 Å². The number of carbonyl (C=O) groups is 1. The molecule has 0 radical (unpaired) electrons. The van der Waals surface area contributed by atoms with E-state index in [4.69, 9.17) is 17.2 Å². The molecule has 0 aliphatic carbocycles. The van der Waals surface area contributed by atoms with E-state index < -0.39 is 0 Å². The highest BCUT2D eigenvalue weighted by Crippen LogP contribution is 2.35. The van der Waals surface area contributed by atoms with Crippen LogP contribution in [0.25, 0.3) is 0 Å². The minimum absolute atomic E-state index is 0.0303. The molecule has 7 heteroatoms. The number of benzene rings is 1. The number of carbonyl (C=O) groups excluding carboxylic acids is 1. The highest BCUT2D eigenvalue weighted by molar-refractivity contribution is 8.22. The van der Waals surface area contributed by atoms with Gasteiger partial charge in [0.2, 0.25) is 5.91 Å². The fourth-order valence-corrected chi connectivity index (χ4v) is 5.36. The van der Waals surface area contributed by atoms with Gasteiger partial charge in [-0.15, -0.1) is 11.3 Å². The molecule has 1 amide bonds. The standard InChI is InChI=1S/C20H27N3OS3/c1-7-22(8-2)20(25)27-12-17-11-26-19(21-17)23(16(6)24)18-14(4)9-13(3)10-15(18)5/h9-11H,7-8,12H2,1-6H3. The van der Waals surface area contributed by atoms with Gasteiger partial charge in [-0.3, -0.25) is 9.69 Å². The largest absolute Gasteiger partial charge is 0.358 e. The summed E-state index contributed by atoms with van der Waals surface area (Å²) in [5.74, 6) is 0.681. The summed E-state index contributed by atoms with van der Waals surface area (Å²) in [6.45, 7) is 13.8. The lowest BCUT2D eigenvalue weighted by Gasteiger charge is -2.23. The molecule has 4 nitrogen and oxygen atoms in total. The van der Waals surface area contributed by atoms with Gasteiger partial charge >= 0.3 is 0 Å². The minimum atomic E-state index is -0.0303. The molecule has 146 valence electrons. The van der Waals surface area contributed by atoms with Crippen LogP contribution in [0.3, 0.4) is 0 Å². The molecule has 0 aliphatic rings. The van der Waals surface area contributed by atoms with Crippen molar-refractivity contribution in [1.82, 2.24) is 9.88 Å². The highest BCUT2D eigenvalue weighted by Gasteiger charge is 2.22. The Bertz CT molecular complexity index is 805. The Kier molecular flexibility index (Phi) is 7.82. The number of rotatable bonds is 6. The predicted molar refractivity (Wildman–Crippen MR) is 122 cm³/mol. The molecule has 0 fully saturated rings. The average Bonchev–Trinajstić information content (AvgIpc) is 3.05. The molecule has 1 aromatic heterocycles. The van der Waals surface area contributed by atoms with Crippen molar-refractivity contribution in [3.05, 3.63) is 39.9 Å². The van der Waals surface area contributed by atoms with Crippen molar-refractivity contribution in [3.63, 3.8) is 0 Å². The number of anilines is 2. The minimum Gasteiger partial charge on any atom is -0.358 e. The van der Waals surface area contributed by atoms with E-state index in [1.165, 1.54) is 16.9 Å². The molecule has 27 heavy (non-hydrogen) atoms. The smallest absolute Gasteiger partial charge is 0.230 e. The summed E-state index contributed by atoms with van der Waals surface area (Å²) in [6.07, 6.45) is 0. The summed E-state index contributed by atoms with van der Waals surface area (Å²) in [5, 5.41) is 2.73. The predicted octanol–water partition coefficient (Wildman–Crippen LogP) is 5.61. The summed E-state index contributed by atoms with van der Waals surface area (Å²) in [6, 6.07) is 4.20. The maximum Gasteiger partial charge on any atom is 0.230 e. The molecular formula is C20H27N3OS3. The molecule has 0 bridgehead atoms. The van der Waals surface area contributed by atoms with Crippen LogP contribution in [0.5, 0.6) is 0 Å². The molecule has 2 aromatic rings. The van der Waals surface area contributed by atoms with E-state index in [9.17, 15) is 4.79 Å². The van der Waals surface area contributed by atoms with Crippen LogP contribution in [0.2, 0.25) is 0 Å². The van der Waals surface area contributed by atoms with Crippen LogP contribution >= 0.6 is 35.3 Å². The monoisotopic (exact) mass is 421 g/mol. The molecule has 2 rings (SSSR count). The maximum absolute atomic E-state index is 12.4. The van der Waals surface area contributed by atoms with E-state index in [0.717, 1.165) is 39.9 Å². The maximum atomic E-state index is 12.4. The molecule has 0 atom stereocenters. The number of hydrogen-bond acceptors (Lipinski definition) is 5. The highest BCUT2D eigenvalue weighted by atomic mass is 32.2. The van der Waals surface area contributed by atoms with Crippen LogP contribution in [0.1, 0.15) is 43.2 Å². The average molecular weight is 422 g/mol. The van der Waals surface area contributed by atoms with E-state index in [2.05, 4.69) is 37.8 Å². The Hall–Kier alpha value is -1.44. The van der Waals surface area contributed by atoms with Gasteiger partial charge < -0.3 is 4.90 Å². The van der Waals surface area contributed by atoms with E-state index in [1.807, 2.05) is 19.2 Å². The molecule has 1 aromatic carbocycles. The second-order valence-electron chi connectivity index (χ2n) is 6.45. The molecule has 0 N–H and O–H groups in total. The molecule has 0 saturated carbocycles. The second kappa shape index (κ2) is 9.66. The Balaban J connectivity index is 2.24. The molecule has 0 saturated heterocycles. The number of thiocarbonyl (C=S) groups is 1. The van der Waals surface area contributed by atoms with E-state index in [-0.39, 0.29) is 5.91 Å². The molecular weight excluding hydrogens is 394 g/mol. The van der Waals surface area contributed by atoms with Gasteiger partial charge in [-0.05, 0) is 45.7 Å². The van der Waals surface area contributed by atoms with Crippen molar-refractivity contribution < 1.29 is 4.79 Å². The lowest BCUT2D eigenvalue weighted by molar-refractivity contribution is -0.115. The van der Waals surface area contributed by atoms with Crippen LogP contribution < -0.4 is 4.90 Å². The number of aryl methyl sites for hydroxylation is 3. The van der Waals surface area contributed by atoms with Gasteiger partial charge in [0.05, 0.1) is 11.4 Å². The number of thioether (sulfide) groups is 1. The first kappa shape index (κ1) is 21.9. The molecule has 0 aliphatic heterocycles. The first-order valence-electron chi connectivity index (χ1n) is 9.03. The first-order valence-corrected chi connectivity index (χ1v) is 11.3. The number of hydrogen-bond donors (Lipinski definition) is 0. The summed E-state index contributed by atoms with van der Waals surface area (Å²) in [4.78, 5) is 21.0. The van der Waals surface area contributed by atoms with Crippen molar-refractivity contribution in [2.75, 3.05) is 18.0 Å². The van der Waals surface area contributed by atoms with Crippen LogP contribution in [-0.2, 0) is 10.5 Å². The summed E-state index contributed by atoms with van der Waals surface area (Å²) < 4.78 is 0.892. The van der Waals surface area contributed by atoms with Gasteiger partial charge in [0.1, 0.15) is 4.32 Å². The Labute approximate surface area is 176 Å². The number of nitrogens with zero attached hydrogens (tertiary/aromatic N) is 3. The van der Waals surface area contributed by atoms with Gasteiger partial charge in [0.25, 0.3) is 0 Å². The summed E-state index contributed by atoms with van der Waals surface area (Å²) >= 11 is 8.62. The van der Waals surface area contributed by atoms with Gasteiger partial charge in [-0.2, -0.15) is 0 Å². The fourth-order valence-electron chi connectivity index (χ4n) is 3.09. The number of aromatic nitrogens is 1. The summed E-state index contributed by atoms with van der Waals surface area (Å²) in [7, 11) is 0. The quantitative estimate of drug-likeness (QED) is 0.566. The lowest BCUT2D eigenvalue weighted by Crippen LogP contribution is -2.26. The first-order chi connectivity index (χ1) is 12.8. The van der Waals surface area contributed by atoms with Crippen LogP contribution in [0.15, 0.2) is 17.5 Å². The Morgan fingerprint density at radius 1 is 1.19 bits per heavy atom. The van der Waals surface area contributed by atoms with Crippen LogP contribution in [0, 0.1) is 20.8 Å². The van der Waals surface area contributed by atoms with Crippen molar-refractivity contribution in [2.24, 2.45) is 0 Å². The van der Waals surface area contributed by atoms with Crippen LogP contribution in [-0.4, -0.2) is 33.2 Å². The van der Waals surface area contributed by atoms with Gasteiger partial charge in [-0.25, -0.2) is 4.98 Å². The van der Waals surface area contributed by atoms with E-state index >= 15 is 0 Å². The lowest BCUT2D eigenvalue weighted by atomic mass is 10.0. The van der Waals surface area contributed by atoms with E-state index in [0.29, 0.717) is 10.9 Å². The SMILES string of the molecule is CCN(CC)C(=S)SCc1csc(N(C(C)=O)c2c(C)cc(C)cc2C)n1. The second-order valence-corrected chi connectivity index (χ2v) is 8.90. The molecule has 0 spiro atoms. The Morgan fingerprint density at radius 2 is 1.78 bits per heavy atom. The fraction of sp³-hybridized carbons (Fsp3) is 0.450. The summed E-state index contributed by atoms with van der Waals surface area (Å²) in [5.41, 5.74) is 5.23. The van der Waals surface area contributed by atoms with Crippen molar-refractivity contribution in [1.29, 1.82) is 0 Å². The van der Waals surface area contributed by atoms with Crippen molar-refractivity contribution >= 4 is 56.4 Å². The molecule has 0 unspecified atom stereocenters. The third-order valence-electron chi connectivity index (χ3n) is 4.27. The van der Waals surface area contributed by atoms with Crippen LogP contribution in [0.4, 0.5) is 10.8 Å². The number of amides is 1. The zero-order chi connectivity index (χ0) is 20.1. The van der Waals surface area contributed by atoms with E-state index in [1.54, 1.807) is 23.6 Å².